The van der Waals surface area contributed by atoms with Crippen LogP contribution in [0.15, 0.2) is 25.3 Å². The van der Waals surface area contributed by atoms with Crippen molar-refractivity contribution in [3.63, 3.8) is 0 Å². The molecule has 2 amide bonds. The molecule has 3 fully saturated rings. The van der Waals surface area contributed by atoms with Gasteiger partial charge in [0.25, 0.3) is 0 Å². The number of esters is 1. The number of ether oxygens (including phenoxy) is 2. The summed E-state index contributed by atoms with van der Waals surface area (Å²) in [4.78, 5) is 45.1. The molecule has 1 spiro atoms. The zero-order chi connectivity index (χ0) is 27.3. The van der Waals surface area contributed by atoms with Gasteiger partial charge in [-0.05, 0) is 51.4 Å². The van der Waals surface area contributed by atoms with Crippen LogP contribution in [0.5, 0.6) is 0 Å². The molecule has 0 aromatic heterocycles. The maximum atomic E-state index is 14.3. The van der Waals surface area contributed by atoms with Gasteiger partial charge in [0, 0.05) is 12.6 Å². The summed E-state index contributed by atoms with van der Waals surface area (Å²) in [7, 11) is 0. The van der Waals surface area contributed by atoms with Crippen LogP contribution in [0, 0.1) is 17.8 Å². The van der Waals surface area contributed by atoms with E-state index in [1.807, 2.05) is 26.8 Å². The summed E-state index contributed by atoms with van der Waals surface area (Å²) < 4.78 is 12.1. The molecular weight excluding hydrogens is 472 g/mol. The van der Waals surface area contributed by atoms with E-state index in [1.54, 1.807) is 15.9 Å². The second-order valence-corrected chi connectivity index (χ2v) is 11.2. The molecule has 3 heterocycles. The number of aliphatic hydroxyl groups excluding tert-OH is 1. The van der Waals surface area contributed by atoms with Crippen molar-refractivity contribution in [2.24, 2.45) is 17.8 Å². The lowest BCUT2D eigenvalue weighted by molar-refractivity contribution is -0.157. The molecule has 0 radical (unpaired) electrons. The monoisotopic (exact) mass is 518 g/mol. The third kappa shape index (κ3) is 5.37. The molecule has 0 aliphatic carbocycles. The second kappa shape index (κ2) is 12.6. The molecule has 3 rings (SSSR count). The molecular formula is C29H46N2O6. The fraction of sp³-hybridized carbons (Fsp3) is 0.759. The molecule has 208 valence electrons. The minimum absolute atomic E-state index is 0.0514. The standard InChI is InChI=1S/C29H46N2O6/c1-7-10-11-12-17-36-28(35)23-22-14-15-29(37-22)24(23)26(33)31(21(18-32)19(4)5)25(29)27(34)30(16-9-3)20(6)13-8-2/h7,9,19-25,32H,1,3,8,10-18H2,2,4-6H3/t20?,21-,22-,23+,24-,25?,29?/m0/s1. The van der Waals surface area contributed by atoms with Crippen LogP contribution < -0.4 is 0 Å². The second-order valence-electron chi connectivity index (χ2n) is 11.2. The number of allylic oxidation sites excluding steroid dienone is 1. The zero-order valence-electron chi connectivity index (χ0n) is 23.1. The normalized spacial score (nSPS) is 29.8. The predicted molar refractivity (Wildman–Crippen MR) is 141 cm³/mol. The van der Waals surface area contributed by atoms with Crippen LogP contribution in [0.2, 0.25) is 0 Å². The number of likely N-dealkylation sites (tertiary alicyclic amines) is 1. The number of unbranched alkanes of at least 4 members (excludes halogenated alkanes) is 2. The summed E-state index contributed by atoms with van der Waals surface area (Å²) in [6.45, 7) is 15.9. The van der Waals surface area contributed by atoms with Gasteiger partial charge in [0.1, 0.15) is 11.6 Å². The van der Waals surface area contributed by atoms with Crippen molar-refractivity contribution in [1.29, 1.82) is 0 Å². The Morgan fingerprint density at radius 1 is 1.27 bits per heavy atom. The van der Waals surface area contributed by atoms with E-state index in [4.69, 9.17) is 9.47 Å². The van der Waals surface area contributed by atoms with Crippen LogP contribution >= 0.6 is 0 Å². The Kier molecular flexibility index (Phi) is 9.98. The maximum absolute atomic E-state index is 14.3. The van der Waals surface area contributed by atoms with Gasteiger partial charge in [0.2, 0.25) is 11.8 Å². The van der Waals surface area contributed by atoms with Crippen LogP contribution in [0.1, 0.15) is 72.6 Å². The predicted octanol–water partition coefficient (Wildman–Crippen LogP) is 3.48. The third-order valence-electron chi connectivity index (χ3n) is 8.45. The summed E-state index contributed by atoms with van der Waals surface area (Å²) in [5.74, 6) is -2.54. The highest BCUT2D eigenvalue weighted by Gasteiger charge is 2.75. The Morgan fingerprint density at radius 2 is 2.00 bits per heavy atom. The van der Waals surface area contributed by atoms with E-state index in [2.05, 4.69) is 20.1 Å². The summed E-state index contributed by atoms with van der Waals surface area (Å²) >= 11 is 0. The number of carbonyl (C=O) groups is 3. The van der Waals surface area contributed by atoms with Gasteiger partial charge < -0.3 is 24.4 Å². The van der Waals surface area contributed by atoms with E-state index >= 15 is 0 Å². The van der Waals surface area contributed by atoms with Crippen LogP contribution in [0.3, 0.4) is 0 Å². The van der Waals surface area contributed by atoms with Crippen LogP contribution in [0.4, 0.5) is 0 Å². The minimum Gasteiger partial charge on any atom is -0.465 e. The van der Waals surface area contributed by atoms with Gasteiger partial charge in [-0.2, -0.15) is 0 Å². The van der Waals surface area contributed by atoms with Crippen molar-refractivity contribution in [3.8, 4) is 0 Å². The number of carbonyl (C=O) groups excluding carboxylic acids is 3. The Morgan fingerprint density at radius 3 is 2.59 bits per heavy atom. The lowest BCUT2D eigenvalue weighted by Crippen LogP contribution is -2.60. The van der Waals surface area contributed by atoms with Crippen LogP contribution in [-0.2, 0) is 23.9 Å². The van der Waals surface area contributed by atoms with Gasteiger partial charge in [-0.1, -0.05) is 39.3 Å². The molecule has 0 aromatic rings. The number of amides is 2. The van der Waals surface area contributed by atoms with Gasteiger partial charge >= 0.3 is 5.97 Å². The molecule has 3 unspecified atom stereocenters. The molecule has 3 aliphatic rings. The zero-order valence-corrected chi connectivity index (χ0v) is 23.1. The van der Waals surface area contributed by atoms with Gasteiger partial charge in [-0.15, -0.1) is 13.2 Å². The van der Waals surface area contributed by atoms with Gasteiger partial charge in [0.15, 0.2) is 0 Å². The highest BCUT2D eigenvalue weighted by molar-refractivity contribution is 5.98. The lowest BCUT2D eigenvalue weighted by atomic mass is 9.70. The van der Waals surface area contributed by atoms with E-state index in [0.717, 1.165) is 32.1 Å². The van der Waals surface area contributed by atoms with E-state index < -0.39 is 41.6 Å². The molecule has 8 heteroatoms. The summed E-state index contributed by atoms with van der Waals surface area (Å²) in [6, 6.07) is -1.52. The fourth-order valence-electron chi connectivity index (χ4n) is 6.63. The Labute approximate surface area is 222 Å². The van der Waals surface area contributed by atoms with Crippen molar-refractivity contribution in [2.75, 3.05) is 19.8 Å². The van der Waals surface area contributed by atoms with Gasteiger partial charge in [-0.25, -0.2) is 0 Å². The first-order valence-corrected chi connectivity index (χ1v) is 14.0. The Hall–Kier alpha value is -2.19. The molecule has 2 bridgehead atoms. The molecule has 8 nitrogen and oxygen atoms in total. The van der Waals surface area contributed by atoms with Crippen molar-refractivity contribution < 1.29 is 29.0 Å². The van der Waals surface area contributed by atoms with Gasteiger partial charge in [0.05, 0.1) is 37.2 Å². The molecule has 0 saturated carbocycles. The van der Waals surface area contributed by atoms with Gasteiger partial charge in [-0.3, -0.25) is 14.4 Å². The largest absolute Gasteiger partial charge is 0.465 e. The minimum atomic E-state index is -1.10. The average Bonchev–Trinajstić information content (AvgIpc) is 3.50. The molecule has 37 heavy (non-hydrogen) atoms. The first kappa shape index (κ1) is 29.4. The maximum Gasteiger partial charge on any atom is 0.312 e. The van der Waals surface area contributed by atoms with Crippen molar-refractivity contribution in [1.82, 2.24) is 9.80 Å². The number of hydrogen-bond donors (Lipinski definition) is 1. The number of hydrogen-bond acceptors (Lipinski definition) is 6. The number of nitrogens with zero attached hydrogens (tertiary/aromatic N) is 2. The molecule has 0 aromatic carbocycles. The Balaban J connectivity index is 1.98. The van der Waals surface area contributed by atoms with E-state index in [-0.39, 0.29) is 37.0 Å². The Bertz CT molecular complexity index is 859. The summed E-state index contributed by atoms with van der Waals surface area (Å²) in [5, 5.41) is 10.3. The third-order valence-corrected chi connectivity index (χ3v) is 8.45. The summed E-state index contributed by atoms with van der Waals surface area (Å²) in [5.41, 5.74) is -1.10. The molecule has 3 saturated heterocycles. The van der Waals surface area contributed by atoms with Crippen molar-refractivity contribution in [2.45, 2.75) is 102 Å². The highest BCUT2D eigenvalue weighted by atomic mass is 16.6. The average molecular weight is 519 g/mol. The first-order valence-electron chi connectivity index (χ1n) is 14.0. The van der Waals surface area contributed by atoms with Crippen molar-refractivity contribution in [3.05, 3.63) is 25.3 Å². The van der Waals surface area contributed by atoms with Crippen molar-refractivity contribution >= 4 is 17.8 Å². The SMILES string of the molecule is C=CCCCCOC(=O)[C@@H]1[C@@H]2CCC3(O2)C(C(=O)N(CC=C)C(C)CCC)N([C@@H](CO)C(C)C)C(=O)[C@H]13. The summed E-state index contributed by atoms with van der Waals surface area (Å²) in [6.07, 6.45) is 8.37. The molecule has 7 atom stereocenters. The van der Waals surface area contributed by atoms with Crippen LogP contribution in [-0.4, -0.2) is 82.3 Å². The smallest absolute Gasteiger partial charge is 0.312 e. The number of fused-ring (bicyclic) bond motifs is 1. The molecule has 3 aliphatic heterocycles. The van der Waals surface area contributed by atoms with E-state index in [0.29, 0.717) is 19.4 Å². The number of rotatable bonds is 15. The quantitative estimate of drug-likeness (QED) is 0.203. The lowest BCUT2D eigenvalue weighted by Gasteiger charge is -2.41. The first-order chi connectivity index (χ1) is 17.7. The highest BCUT2D eigenvalue weighted by Crippen LogP contribution is 2.59. The van der Waals surface area contributed by atoms with E-state index in [9.17, 15) is 19.5 Å². The fourth-order valence-corrected chi connectivity index (χ4v) is 6.63. The number of aliphatic hydroxyl groups is 1. The van der Waals surface area contributed by atoms with E-state index in [1.165, 1.54) is 0 Å². The van der Waals surface area contributed by atoms with Crippen LogP contribution in [0.25, 0.3) is 0 Å². The molecule has 1 N–H and O–H groups in total. The topological polar surface area (TPSA) is 96.4 Å².